The molecule has 2 rings (SSSR count). The Morgan fingerprint density at radius 2 is 2.21 bits per heavy atom. The van der Waals surface area contributed by atoms with E-state index in [0.29, 0.717) is 13.1 Å². The summed E-state index contributed by atoms with van der Waals surface area (Å²) in [5.41, 5.74) is 0.955. The number of rotatable bonds is 4. The first-order valence-corrected chi connectivity index (χ1v) is 7.40. The lowest BCUT2D eigenvalue weighted by Gasteiger charge is -2.38. The first-order chi connectivity index (χ1) is 9.02. The molecule has 1 aromatic rings. The largest absolute Gasteiger partial charge is 0.332 e. The number of carbonyl (C=O) groups excluding carboxylic acids is 2. The molecular formula is C13H19N3O2S. The molecule has 1 aromatic heterocycles. The quantitative estimate of drug-likeness (QED) is 0.838. The van der Waals surface area contributed by atoms with Crippen molar-refractivity contribution < 1.29 is 9.59 Å². The molecule has 6 heteroatoms. The summed E-state index contributed by atoms with van der Waals surface area (Å²) in [6.07, 6.45) is 0.872. The molecule has 5 nitrogen and oxygen atoms in total. The van der Waals surface area contributed by atoms with Crippen LogP contribution in [0.3, 0.4) is 0 Å². The number of carbonyl (C=O) groups is 2. The Balaban J connectivity index is 2.09. The number of nitrogens with zero attached hydrogens (tertiary/aromatic N) is 3. The van der Waals surface area contributed by atoms with Gasteiger partial charge in [0.25, 0.3) is 0 Å². The van der Waals surface area contributed by atoms with Gasteiger partial charge in [0.1, 0.15) is 11.0 Å². The Labute approximate surface area is 117 Å². The normalized spacial score (nSPS) is 20.3. The summed E-state index contributed by atoms with van der Waals surface area (Å²) in [5.74, 6) is 0.0446. The molecule has 0 saturated carbocycles. The summed E-state index contributed by atoms with van der Waals surface area (Å²) >= 11 is 1.53. The van der Waals surface area contributed by atoms with Gasteiger partial charge in [-0.05, 0) is 20.3 Å². The number of hydrogen-bond acceptors (Lipinski definition) is 4. The van der Waals surface area contributed by atoms with E-state index in [1.165, 1.54) is 11.3 Å². The van der Waals surface area contributed by atoms with Crippen molar-refractivity contribution >= 4 is 23.2 Å². The predicted molar refractivity (Wildman–Crippen MR) is 73.7 cm³/mol. The number of aromatic nitrogens is 1. The summed E-state index contributed by atoms with van der Waals surface area (Å²) in [6, 6.07) is -0.392. The van der Waals surface area contributed by atoms with Gasteiger partial charge >= 0.3 is 0 Å². The second kappa shape index (κ2) is 5.69. The fraction of sp³-hybridized carbons (Fsp3) is 0.615. The Kier molecular flexibility index (Phi) is 4.19. The van der Waals surface area contributed by atoms with Crippen LogP contribution in [0.1, 0.15) is 31.0 Å². The summed E-state index contributed by atoms with van der Waals surface area (Å²) in [6.45, 7) is 7.01. The Morgan fingerprint density at radius 1 is 1.47 bits per heavy atom. The highest BCUT2D eigenvalue weighted by molar-refractivity contribution is 7.09. The first kappa shape index (κ1) is 14.0. The van der Waals surface area contributed by atoms with E-state index in [1.54, 1.807) is 16.7 Å². The maximum atomic E-state index is 12.2. The number of amides is 2. The van der Waals surface area contributed by atoms with Gasteiger partial charge in [0, 0.05) is 17.6 Å². The van der Waals surface area contributed by atoms with E-state index in [4.69, 9.17) is 0 Å². The highest BCUT2D eigenvalue weighted by Gasteiger charge is 2.36. The number of thiazole rings is 1. The van der Waals surface area contributed by atoms with E-state index in [1.807, 2.05) is 19.2 Å². The third-order valence-corrected chi connectivity index (χ3v) is 4.20. The van der Waals surface area contributed by atoms with E-state index >= 15 is 0 Å². The van der Waals surface area contributed by atoms with Crippen molar-refractivity contribution in [3.8, 4) is 0 Å². The third-order valence-electron chi connectivity index (χ3n) is 3.25. The van der Waals surface area contributed by atoms with Crippen LogP contribution < -0.4 is 0 Å². The van der Waals surface area contributed by atoms with E-state index in [0.717, 1.165) is 17.1 Å². The molecule has 1 aliphatic heterocycles. The van der Waals surface area contributed by atoms with Gasteiger partial charge in [0.05, 0.1) is 13.1 Å². The van der Waals surface area contributed by atoms with Crippen LogP contribution in [0.15, 0.2) is 5.38 Å². The fourth-order valence-corrected chi connectivity index (χ4v) is 3.02. The van der Waals surface area contributed by atoms with E-state index in [-0.39, 0.29) is 18.4 Å². The van der Waals surface area contributed by atoms with Crippen LogP contribution in [-0.4, -0.2) is 45.7 Å². The van der Waals surface area contributed by atoms with Crippen LogP contribution in [0.4, 0.5) is 0 Å². The zero-order valence-corrected chi connectivity index (χ0v) is 12.4. The molecule has 19 heavy (non-hydrogen) atoms. The smallest absolute Gasteiger partial charge is 0.245 e. The van der Waals surface area contributed by atoms with E-state index in [9.17, 15) is 9.59 Å². The standard InChI is InChI=1S/C13H19N3O2S/c1-4-5-15-7-12(17)16(10(3)13(15)18)6-11-14-9(2)8-19-11/h8,10H,4-7H2,1-3H3/t10-/m0/s1. The van der Waals surface area contributed by atoms with Crippen molar-refractivity contribution in [3.05, 3.63) is 16.1 Å². The molecule has 0 unspecified atom stereocenters. The van der Waals surface area contributed by atoms with Gasteiger partial charge in [0.2, 0.25) is 11.8 Å². The summed E-state index contributed by atoms with van der Waals surface area (Å²) in [4.78, 5) is 32.0. The molecule has 1 atom stereocenters. The number of piperazine rings is 1. The average molecular weight is 281 g/mol. The average Bonchev–Trinajstić information content (AvgIpc) is 2.77. The molecule has 1 fully saturated rings. The zero-order chi connectivity index (χ0) is 14.0. The van der Waals surface area contributed by atoms with Crippen molar-refractivity contribution in [1.29, 1.82) is 0 Å². The maximum Gasteiger partial charge on any atom is 0.245 e. The van der Waals surface area contributed by atoms with Crippen LogP contribution >= 0.6 is 11.3 Å². The van der Waals surface area contributed by atoms with Gasteiger partial charge in [-0.3, -0.25) is 9.59 Å². The third kappa shape index (κ3) is 2.94. The van der Waals surface area contributed by atoms with Gasteiger partial charge in [-0.2, -0.15) is 0 Å². The minimum absolute atomic E-state index is 0.00778. The number of aryl methyl sites for hydroxylation is 1. The Morgan fingerprint density at radius 3 is 2.79 bits per heavy atom. The highest BCUT2D eigenvalue weighted by atomic mass is 32.1. The van der Waals surface area contributed by atoms with Gasteiger partial charge in [0.15, 0.2) is 0 Å². The van der Waals surface area contributed by atoms with E-state index < -0.39 is 6.04 Å². The second-order valence-electron chi connectivity index (χ2n) is 4.84. The van der Waals surface area contributed by atoms with Crippen molar-refractivity contribution in [2.75, 3.05) is 13.1 Å². The molecule has 2 heterocycles. The van der Waals surface area contributed by atoms with Gasteiger partial charge in [-0.25, -0.2) is 4.98 Å². The van der Waals surface area contributed by atoms with Gasteiger partial charge < -0.3 is 9.80 Å². The van der Waals surface area contributed by atoms with Gasteiger partial charge in [-0.15, -0.1) is 11.3 Å². The van der Waals surface area contributed by atoms with Crippen LogP contribution in [0.5, 0.6) is 0 Å². The van der Waals surface area contributed by atoms with Crippen LogP contribution in [0, 0.1) is 6.92 Å². The Hall–Kier alpha value is -1.43. The zero-order valence-electron chi connectivity index (χ0n) is 11.5. The lowest BCUT2D eigenvalue weighted by molar-refractivity contribution is -0.155. The first-order valence-electron chi connectivity index (χ1n) is 6.52. The molecule has 0 N–H and O–H groups in total. The van der Waals surface area contributed by atoms with E-state index in [2.05, 4.69) is 4.98 Å². The topological polar surface area (TPSA) is 53.5 Å². The minimum atomic E-state index is -0.392. The second-order valence-corrected chi connectivity index (χ2v) is 5.78. The monoisotopic (exact) mass is 281 g/mol. The molecule has 0 bridgehead atoms. The van der Waals surface area contributed by atoms with Crippen molar-refractivity contribution in [1.82, 2.24) is 14.8 Å². The molecule has 0 spiro atoms. The SMILES string of the molecule is CCCN1CC(=O)N(Cc2nc(C)cs2)[C@@H](C)C1=O. The van der Waals surface area contributed by atoms with Crippen LogP contribution in [-0.2, 0) is 16.1 Å². The lowest BCUT2D eigenvalue weighted by atomic mass is 10.1. The maximum absolute atomic E-state index is 12.2. The van der Waals surface area contributed by atoms with Crippen LogP contribution in [0.2, 0.25) is 0 Å². The fourth-order valence-electron chi connectivity index (χ4n) is 2.25. The van der Waals surface area contributed by atoms with Gasteiger partial charge in [-0.1, -0.05) is 6.92 Å². The predicted octanol–water partition coefficient (Wildman–Crippen LogP) is 1.42. The molecule has 104 valence electrons. The lowest BCUT2D eigenvalue weighted by Crippen LogP contribution is -2.58. The van der Waals surface area contributed by atoms with Crippen molar-refractivity contribution in [2.45, 2.75) is 39.8 Å². The molecule has 0 radical (unpaired) electrons. The molecule has 1 aliphatic rings. The van der Waals surface area contributed by atoms with Crippen molar-refractivity contribution in [2.24, 2.45) is 0 Å². The molecule has 2 amide bonds. The van der Waals surface area contributed by atoms with Crippen molar-refractivity contribution in [3.63, 3.8) is 0 Å². The number of hydrogen-bond donors (Lipinski definition) is 0. The highest BCUT2D eigenvalue weighted by Crippen LogP contribution is 2.18. The summed E-state index contributed by atoms with van der Waals surface area (Å²) < 4.78 is 0. The Bertz CT molecular complexity index is 486. The minimum Gasteiger partial charge on any atom is -0.332 e. The van der Waals surface area contributed by atoms with Crippen LogP contribution in [0.25, 0.3) is 0 Å². The molecular weight excluding hydrogens is 262 g/mol. The summed E-state index contributed by atoms with van der Waals surface area (Å²) in [5, 5.41) is 2.84. The summed E-state index contributed by atoms with van der Waals surface area (Å²) in [7, 11) is 0. The molecule has 0 aliphatic carbocycles. The molecule has 0 aromatic carbocycles. The molecule has 1 saturated heterocycles.